The average molecular weight is 293 g/mol. The summed E-state index contributed by atoms with van der Waals surface area (Å²) in [5.41, 5.74) is 2.55. The normalized spacial score (nSPS) is 17.5. The van der Waals surface area contributed by atoms with E-state index < -0.39 is 0 Å². The van der Waals surface area contributed by atoms with Crippen molar-refractivity contribution in [1.29, 1.82) is 0 Å². The molecule has 1 saturated carbocycles. The highest BCUT2D eigenvalue weighted by Crippen LogP contribution is 2.33. The number of nitrogens with zero attached hydrogens (tertiary/aromatic N) is 2. The largest absolute Gasteiger partial charge is 0.383 e. The molecule has 120 valence electrons. The number of methoxy groups -OCH3 is 1. The van der Waals surface area contributed by atoms with Crippen LogP contribution in [-0.2, 0) is 17.7 Å². The van der Waals surface area contributed by atoms with Gasteiger partial charge in [0.2, 0.25) is 0 Å². The van der Waals surface area contributed by atoms with Crippen molar-refractivity contribution in [2.45, 2.75) is 52.5 Å². The Balaban J connectivity index is 1.96. The number of aromatic nitrogens is 2. The molecule has 21 heavy (non-hydrogen) atoms. The number of hydrogen-bond donors (Lipinski definition) is 1. The van der Waals surface area contributed by atoms with E-state index in [0.29, 0.717) is 0 Å². The Morgan fingerprint density at radius 3 is 2.86 bits per heavy atom. The zero-order valence-corrected chi connectivity index (χ0v) is 13.9. The van der Waals surface area contributed by atoms with Crippen LogP contribution in [-0.4, -0.2) is 36.6 Å². The van der Waals surface area contributed by atoms with E-state index in [1.807, 2.05) is 0 Å². The predicted molar refractivity (Wildman–Crippen MR) is 86.5 cm³/mol. The molecule has 1 aromatic rings. The number of hydrogen-bond acceptors (Lipinski definition) is 3. The predicted octanol–water partition coefficient (Wildman–Crippen LogP) is 2.80. The van der Waals surface area contributed by atoms with Gasteiger partial charge in [0.25, 0.3) is 0 Å². The van der Waals surface area contributed by atoms with E-state index in [4.69, 9.17) is 4.74 Å². The molecular formula is C17H31N3O. The summed E-state index contributed by atoms with van der Waals surface area (Å²) in [5.74, 6) is 1.60. The third-order valence-corrected chi connectivity index (χ3v) is 4.71. The Morgan fingerprint density at radius 1 is 1.43 bits per heavy atom. The molecule has 0 aliphatic heterocycles. The summed E-state index contributed by atoms with van der Waals surface area (Å²) in [7, 11) is 1.76. The van der Waals surface area contributed by atoms with E-state index >= 15 is 0 Å². The first-order valence-electron chi connectivity index (χ1n) is 8.47. The lowest BCUT2D eigenvalue weighted by Crippen LogP contribution is -2.31. The summed E-state index contributed by atoms with van der Waals surface area (Å²) in [6.07, 6.45) is 6.77. The van der Waals surface area contributed by atoms with Gasteiger partial charge in [0, 0.05) is 25.9 Å². The van der Waals surface area contributed by atoms with Gasteiger partial charge in [-0.05, 0) is 44.7 Å². The summed E-state index contributed by atoms with van der Waals surface area (Å²) in [5, 5.41) is 8.17. The summed E-state index contributed by atoms with van der Waals surface area (Å²) in [4.78, 5) is 0. The van der Waals surface area contributed by atoms with Crippen LogP contribution in [0.2, 0.25) is 0 Å². The van der Waals surface area contributed by atoms with Crippen molar-refractivity contribution in [1.82, 2.24) is 15.1 Å². The topological polar surface area (TPSA) is 39.1 Å². The molecule has 0 spiro atoms. The smallest absolute Gasteiger partial charge is 0.0596 e. The first-order valence-corrected chi connectivity index (χ1v) is 8.47. The molecular weight excluding hydrogens is 262 g/mol. The fourth-order valence-electron chi connectivity index (χ4n) is 3.60. The maximum atomic E-state index is 5.13. The quantitative estimate of drug-likeness (QED) is 0.712. The first kappa shape index (κ1) is 16.5. The minimum atomic E-state index is 0.728. The van der Waals surface area contributed by atoms with Gasteiger partial charge in [-0.2, -0.15) is 5.10 Å². The zero-order valence-electron chi connectivity index (χ0n) is 13.9. The lowest BCUT2D eigenvalue weighted by Gasteiger charge is -2.24. The van der Waals surface area contributed by atoms with E-state index in [-0.39, 0.29) is 0 Å². The van der Waals surface area contributed by atoms with Crippen LogP contribution < -0.4 is 5.32 Å². The van der Waals surface area contributed by atoms with Gasteiger partial charge in [-0.1, -0.05) is 25.7 Å². The number of aryl methyl sites for hydroxylation is 2. The van der Waals surface area contributed by atoms with Crippen molar-refractivity contribution in [2.24, 2.45) is 11.8 Å². The van der Waals surface area contributed by atoms with E-state index in [1.165, 1.54) is 31.4 Å². The van der Waals surface area contributed by atoms with Gasteiger partial charge in [0.1, 0.15) is 0 Å². The lowest BCUT2D eigenvalue weighted by atomic mass is 9.87. The van der Waals surface area contributed by atoms with Gasteiger partial charge in [0.15, 0.2) is 0 Å². The molecule has 4 nitrogen and oxygen atoms in total. The van der Waals surface area contributed by atoms with Crippen LogP contribution in [0.4, 0.5) is 0 Å². The number of rotatable bonds is 9. The molecule has 1 unspecified atom stereocenters. The molecule has 0 saturated heterocycles. The standard InChI is InChI=1S/C17H31N3O/c1-4-20-17(11-14(2)19-20)12-16(13-18-9-10-21-3)15-7-5-6-8-15/h11,15-16,18H,4-10,12-13H2,1-3H3. The second kappa shape index (κ2) is 8.54. The highest BCUT2D eigenvalue weighted by Gasteiger charge is 2.26. The van der Waals surface area contributed by atoms with Gasteiger partial charge < -0.3 is 10.1 Å². The molecule has 0 amide bonds. The molecule has 2 rings (SSSR count). The van der Waals surface area contributed by atoms with Gasteiger partial charge in [-0.3, -0.25) is 4.68 Å². The fourth-order valence-corrected chi connectivity index (χ4v) is 3.60. The minimum Gasteiger partial charge on any atom is -0.383 e. The Bertz CT molecular complexity index is 410. The third-order valence-electron chi connectivity index (χ3n) is 4.71. The van der Waals surface area contributed by atoms with Crippen LogP contribution >= 0.6 is 0 Å². The zero-order chi connectivity index (χ0) is 15.1. The van der Waals surface area contributed by atoms with Crippen molar-refractivity contribution in [3.05, 3.63) is 17.5 Å². The van der Waals surface area contributed by atoms with E-state index in [1.54, 1.807) is 7.11 Å². The summed E-state index contributed by atoms with van der Waals surface area (Å²) < 4.78 is 7.30. The highest BCUT2D eigenvalue weighted by molar-refractivity contribution is 5.10. The van der Waals surface area contributed by atoms with E-state index in [2.05, 4.69) is 35.0 Å². The third kappa shape index (κ3) is 4.82. The Labute approximate surface area is 129 Å². The van der Waals surface area contributed by atoms with Gasteiger partial charge in [-0.15, -0.1) is 0 Å². The molecule has 1 N–H and O–H groups in total. The van der Waals surface area contributed by atoms with Crippen molar-refractivity contribution in [2.75, 3.05) is 26.8 Å². The summed E-state index contributed by atoms with van der Waals surface area (Å²) in [6, 6.07) is 2.26. The summed E-state index contributed by atoms with van der Waals surface area (Å²) >= 11 is 0. The first-order chi connectivity index (χ1) is 10.2. The molecule has 1 heterocycles. The van der Waals surface area contributed by atoms with Crippen molar-refractivity contribution in [3.8, 4) is 0 Å². The summed E-state index contributed by atoms with van der Waals surface area (Å²) in [6.45, 7) is 8.09. The van der Waals surface area contributed by atoms with Gasteiger partial charge in [0.05, 0.1) is 12.3 Å². The van der Waals surface area contributed by atoms with Crippen molar-refractivity contribution >= 4 is 0 Å². The Hall–Kier alpha value is -0.870. The Morgan fingerprint density at radius 2 is 2.19 bits per heavy atom. The van der Waals surface area contributed by atoms with Crippen LogP contribution in [0.25, 0.3) is 0 Å². The lowest BCUT2D eigenvalue weighted by molar-refractivity contribution is 0.194. The molecule has 1 aromatic heterocycles. The molecule has 0 bridgehead atoms. The van der Waals surface area contributed by atoms with E-state index in [9.17, 15) is 0 Å². The SMILES string of the molecule is CCn1nc(C)cc1CC(CNCCOC)C1CCCC1. The maximum absolute atomic E-state index is 5.13. The monoisotopic (exact) mass is 293 g/mol. The Kier molecular flexibility index (Phi) is 6.71. The second-order valence-electron chi connectivity index (χ2n) is 6.30. The number of ether oxygens (including phenoxy) is 1. The van der Waals surface area contributed by atoms with Crippen molar-refractivity contribution in [3.63, 3.8) is 0 Å². The fraction of sp³-hybridized carbons (Fsp3) is 0.824. The van der Waals surface area contributed by atoms with E-state index in [0.717, 1.165) is 50.2 Å². The molecule has 1 aliphatic carbocycles. The van der Waals surface area contributed by atoms with Gasteiger partial charge >= 0.3 is 0 Å². The van der Waals surface area contributed by atoms with Gasteiger partial charge in [-0.25, -0.2) is 0 Å². The average Bonchev–Trinajstić information content (AvgIpc) is 3.11. The molecule has 1 aliphatic rings. The maximum Gasteiger partial charge on any atom is 0.0596 e. The molecule has 0 aromatic carbocycles. The van der Waals surface area contributed by atoms with Crippen molar-refractivity contribution < 1.29 is 4.74 Å². The molecule has 0 radical (unpaired) electrons. The van der Waals surface area contributed by atoms with Crippen LogP contribution in [0.15, 0.2) is 6.07 Å². The number of nitrogens with one attached hydrogen (secondary N) is 1. The molecule has 1 atom stereocenters. The molecule has 1 fully saturated rings. The highest BCUT2D eigenvalue weighted by atomic mass is 16.5. The van der Waals surface area contributed by atoms with Crippen LogP contribution in [0.1, 0.15) is 44.0 Å². The van der Waals surface area contributed by atoms with Crippen LogP contribution in [0.5, 0.6) is 0 Å². The molecule has 4 heteroatoms. The van der Waals surface area contributed by atoms with Crippen LogP contribution in [0.3, 0.4) is 0 Å². The minimum absolute atomic E-state index is 0.728. The second-order valence-corrected chi connectivity index (χ2v) is 6.30. The van der Waals surface area contributed by atoms with Crippen LogP contribution in [0, 0.1) is 18.8 Å².